The highest BCUT2D eigenvalue weighted by Crippen LogP contribution is 2.42. The van der Waals surface area contributed by atoms with E-state index in [2.05, 4.69) is 16.4 Å². The maximum Gasteiger partial charge on any atom is 0.329 e. The summed E-state index contributed by atoms with van der Waals surface area (Å²) in [7, 11) is 0. The zero-order chi connectivity index (χ0) is 25.4. The number of imide groups is 1. The number of rotatable bonds is 5. The number of pyridine rings is 1. The van der Waals surface area contributed by atoms with Gasteiger partial charge in [0.15, 0.2) is 0 Å². The minimum atomic E-state index is -0.395. The number of hydrogen-bond acceptors (Lipinski definition) is 4. The number of fused-ring (bicyclic) bond motifs is 2. The molecule has 3 unspecified atom stereocenters. The van der Waals surface area contributed by atoms with E-state index in [1.165, 1.54) is 4.90 Å². The number of hydrogen-bond donors (Lipinski definition) is 1. The molecule has 3 aromatic carbocycles. The van der Waals surface area contributed by atoms with Crippen LogP contribution in [0.5, 0.6) is 5.75 Å². The summed E-state index contributed by atoms with van der Waals surface area (Å²) < 4.78 is 6.20. The van der Waals surface area contributed by atoms with E-state index in [0.717, 1.165) is 34.1 Å². The van der Waals surface area contributed by atoms with Gasteiger partial charge >= 0.3 is 6.03 Å². The highest BCUT2D eigenvalue weighted by atomic mass is 35.5. The molecule has 1 saturated heterocycles. The predicted octanol–water partition coefficient (Wildman–Crippen LogP) is 6.48. The average molecular weight is 512 g/mol. The van der Waals surface area contributed by atoms with E-state index in [9.17, 15) is 9.59 Å². The van der Waals surface area contributed by atoms with E-state index in [-0.39, 0.29) is 23.8 Å². The van der Waals surface area contributed by atoms with Crippen LogP contribution in [0.3, 0.4) is 0 Å². The van der Waals surface area contributed by atoms with E-state index in [1.54, 1.807) is 12.4 Å². The molecule has 2 aliphatic rings. The van der Waals surface area contributed by atoms with Crippen molar-refractivity contribution in [1.29, 1.82) is 0 Å². The molecule has 3 amide bonds. The van der Waals surface area contributed by atoms with Gasteiger partial charge in [0.05, 0.1) is 17.8 Å². The standard InChI is InChI=1S/C30H26ClN3O3/c31-25-11-5-2-8-21(25)18-37-28-12-6-4-10-23(28)19-13-14-24-26(15-19)33-30(36)34(29(24)35)27-17-32-16-20-7-1-3-9-22(20)27/h1-12,16-17,19,24,26H,13-15,18H2,(H,33,36). The lowest BCUT2D eigenvalue weighted by Gasteiger charge is -2.42. The zero-order valence-corrected chi connectivity index (χ0v) is 20.9. The Kier molecular flexibility index (Phi) is 6.26. The van der Waals surface area contributed by atoms with E-state index < -0.39 is 6.03 Å². The molecule has 37 heavy (non-hydrogen) atoms. The van der Waals surface area contributed by atoms with Gasteiger partial charge in [0, 0.05) is 33.6 Å². The van der Waals surface area contributed by atoms with Crippen molar-refractivity contribution in [3.05, 3.63) is 101 Å². The van der Waals surface area contributed by atoms with Gasteiger partial charge in [0.1, 0.15) is 12.4 Å². The van der Waals surface area contributed by atoms with Crippen LogP contribution >= 0.6 is 11.6 Å². The molecular weight excluding hydrogens is 486 g/mol. The van der Waals surface area contributed by atoms with Crippen molar-refractivity contribution in [2.45, 2.75) is 37.8 Å². The molecule has 1 N–H and O–H groups in total. The van der Waals surface area contributed by atoms with Gasteiger partial charge in [-0.2, -0.15) is 0 Å². The maximum atomic E-state index is 13.6. The maximum absolute atomic E-state index is 13.6. The molecule has 1 aromatic heterocycles. The molecule has 2 heterocycles. The first-order valence-electron chi connectivity index (χ1n) is 12.5. The molecular formula is C30H26ClN3O3. The van der Waals surface area contributed by atoms with Crippen LogP contribution in [0.2, 0.25) is 5.02 Å². The second kappa shape index (κ2) is 9.87. The normalized spacial score (nSPS) is 21.4. The molecule has 6 nitrogen and oxygen atoms in total. The number of anilines is 1. The third-order valence-corrected chi connectivity index (χ3v) is 7.86. The minimum Gasteiger partial charge on any atom is -0.489 e. The van der Waals surface area contributed by atoms with E-state index in [4.69, 9.17) is 16.3 Å². The lowest BCUT2D eigenvalue weighted by Crippen LogP contribution is -2.61. The summed E-state index contributed by atoms with van der Waals surface area (Å²) in [6.07, 6.45) is 5.53. The molecule has 186 valence electrons. The SMILES string of the molecule is O=C1NC2CC(c3ccccc3OCc3ccccc3Cl)CCC2C(=O)N1c1cncc2ccccc12. The summed E-state index contributed by atoms with van der Waals surface area (Å²) in [5, 5.41) is 5.52. The quantitative estimate of drug-likeness (QED) is 0.333. The van der Waals surface area contributed by atoms with Gasteiger partial charge in [-0.3, -0.25) is 9.78 Å². The average Bonchev–Trinajstić information content (AvgIpc) is 2.92. The van der Waals surface area contributed by atoms with E-state index >= 15 is 0 Å². The van der Waals surface area contributed by atoms with Crippen LogP contribution in [0, 0.1) is 5.92 Å². The van der Waals surface area contributed by atoms with Crippen molar-refractivity contribution in [3.63, 3.8) is 0 Å². The molecule has 0 bridgehead atoms. The van der Waals surface area contributed by atoms with Crippen molar-refractivity contribution in [3.8, 4) is 5.75 Å². The summed E-state index contributed by atoms with van der Waals surface area (Å²) in [5.74, 6) is 0.545. The first kappa shape index (κ1) is 23.5. The number of halogens is 1. The molecule has 4 aromatic rings. The van der Waals surface area contributed by atoms with Gasteiger partial charge in [-0.05, 0) is 42.9 Å². The van der Waals surface area contributed by atoms with Crippen LogP contribution in [0.4, 0.5) is 10.5 Å². The first-order chi connectivity index (χ1) is 18.1. The highest BCUT2D eigenvalue weighted by Gasteiger charge is 2.45. The number of ether oxygens (including phenoxy) is 1. The third-order valence-electron chi connectivity index (χ3n) is 7.49. The Labute approximate surface area is 220 Å². The lowest BCUT2D eigenvalue weighted by molar-refractivity contribution is -0.124. The Bertz CT molecular complexity index is 1480. The fraction of sp³-hybridized carbons (Fsp3) is 0.233. The van der Waals surface area contributed by atoms with Gasteiger partial charge < -0.3 is 10.1 Å². The summed E-state index contributed by atoms with van der Waals surface area (Å²) in [5.41, 5.74) is 2.55. The van der Waals surface area contributed by atoms with Crippen molar-refractivity contribution < 1.29 is 14.3 Å². The number of benzene rings is 3. The van der Waals surface area contributed by atoms with Crippen LogP contribution in [0.15, 0.2) is 85.2 Å². The van der Waals surface area contributed by atoms with E-state index in [1.807, 2.05) is 66.7 Å². The monoisotopic (exact) mass is 511 g/mol. The number of amides is 3. The largest absolute Gasteiger partial charge is 0.489 e. The number of nitrogens with one attached hydrogen (secondary N) is 1. The molecule has 0 radical (unpaired) electrons. The number of carbonyl (C=O) groups excluding carboxylic acids is 2. The second-order valence-electron chi connectivity index (χ2n) is 9.64. The first-order valence-corrected chi connectivity index (χ1v) is 12.9. The highest BCUT2D eigenvalue weighted by molar-refractivity contribution is 6.31. The van der Waals surface area contributed by atoms with E-state index in [0.29, 0.717) is 30.2 Å². The zero-order valence-electron chi connectivity index (χ0n) is 20.1. The minimum absolute atomic E-state index is 0.159. The smallest absolute Gasteiger partial charge is 0.329 e. The molecule has 1 saturated carbocycles. The van der Waals surface area contributed by atoms with Crippen LogP contribution in [-0.2, 0) is 11.4 Å². The number of nitrogens with zero attached hydrogens (tertiary/aromatic N) is 2. The molecule has 7 heteroatoms. The van der Waals surface area contributed by atoms with Crippen LogP contribution in [-0.4, -0.2) is 23.0 Å². The molecule has 6 rings (SSSR count). The number of urea groups is 1. The topological polar surface area (TPSA) is 71.5 Å². The number of carbonyl (C=O) groups is 2. The Morgan fingerprint density at radius 3 is 2.62 bits per heavy atom. The summed E-state index contributed by atoms with van der Waals surface area (Å²) >= 11 is 6.31. The predicted molar refractivity (Wildman–Crippen MR) is 144 cm³/mol. The van der Waals surface area contributed by atoms with Crippen LogP contribution in [0.25, 0.3) is 10.8 Å². The Balaban J connectivity index is 1.21. The lowest BCUT2D eigenvalue weighted by atomic mass is 9.74. The fourth-order valence-electron chi connectivity index (χ4n) is 5.62. The molecule has 2 fully saturated rings. The number of para-hydroxylation sites is 1. The van der Waals surface area contributed by atoms with Crippen LogP contribution < -0.4 is 15.0 Å². The van der Waals surface area contributed by atoms with Crippen molar-refractivity contribution in [2.75, 3.05) is 4.90 Å². The van der Waals surface area contributed by atoms with Crippen molar-refractivity contribution in [2.24, 2.45) is 5.92 Å². The molecule has 3 atom stereocenters. The Morgan fingerprint density at radius 1 is 0.946 bits per heavy atom. The summed E-state index contributed by atoms with van der Waals surface area (Å²) in [6, 6.07) is 22.7. The van der Waals surface area contributed by atoms with Gasteiger partial charge in [0.2, 0.25) is 5.91 Å². The number of aromatic nitrogens is 1. The Morgan fingerprint density at radius 2 is 1.73 bits per heavy atom. The molecule has 1 aliphatic heterocycles. The van der Waals surface area contributed by atoms with Gasteiger partial charge in [-0.1, -0.05) is 72.3 Å². The van der Waals surface area contributed by atoms with Gasteiger partial charge in [-0.25, -0.2) is 9.69 Å². The molecule has 1 aliphatic carbocycles. The third kappa shape index (κ3) is 4.42. The second-order valence-corrected chi connectivity index (χ2v) is 10.1. The van der Waals surface area contributed by atoms with Crippen molar-refractivity contribution in [1.82, 2.24) is 10.3 Å². The van der Waals surface area contributed by atoms with Gasteiger partial charge in [0.25, 0.3) is 0 Å². The van der Waals surface area contributed by atoms with Crippen LogP contribution in [0.1, 0.15) is 36.3 Å². The molecule has 0 spiro atoms. The summed E-state index contributed by atoms with van der Waals surface area (Å²) in [4.78, 5) is 32.4. The Hall–Kier alpha value is -3.90. The van der Waals surface area contributed by atoms with Crippen molar-refractivity contribution >= 4 is 40.0 Å². The fourth-order valence-corrected chi connectivity index (χ4v) is 5.81. The summed E-state index contributed by atoms with van der Waals surface area (Å²) in [6.45, 7) is 0.374. The van der Waals surface area contributed by atoms with Gasteiger partial charge in [-0.15, -0.1) is 0 Å².